The Morgan fingerprint density at radius 1 is 1.16 bits per heavy atom. The molecule has 0 saturated carbocycles. The maximum Gasteiger partial charge on any atom is 0.270 e. The average molecular weight is 531 g/mol. The van der Waals surface area contributed by atoms with Crippen LogP contribution in [0.3, 0.4) is 0 Å². The fraction of sp³-hybridized carbons (Fsp3) is 0.304. The SMILES string of the molecule is CC(C1CCCCN1)n1cc(C(=O)C(=O)c2cc([N+](=O)[O-])ccc2I)c2ccccc21. The van der Waals surface area contributed by atoms with Crippen molar-refractivity contribution in [2.24, 2.45) is 0 Å². The lowest BCUT2D eigenvalue weighted by molar-refractivity contribution is -0.384. The van der Waals surface area contributed by atoms with E-state index in [1.54, 1.807) is 6.20 Å². The molecule has 0 aliphatic carbocycles. The lowest BCUT2D eigenvalue weighted by atomic mass is 9.99. The number of para-hydroxylation sites is 1. The number of hydrogen-bond donors (Lipinski definition) is 1. The number of carbonyl (C=O) groups excluding carboxylic acids is 2. The van der Waals surface area contributed by atoms with E-state index in [-0.39, 0.29) is 17.3 Å². The minimum Gasteiger partial charge on any atom is -0.342 e. The molecule has 1 aliphatic heterocycles. The minimum absolute atomic E-state index is 0.0543. The predicted octanol–water partition coefficient (Wildman–Crippen LogP) is 4.92. The first kappa shape index (κ1) is 21.6. The van der Waals surface area contributed by atoms with E-state index in [1.165, 1.54) is 18.2 Å². The van der Waals surface area contributed by atoms with Crippen LogP contribution in [0.25, 0.3) is 10.9 Å². The number of non-ortho nitro benzene ring substituents is 1. The number of nitro groups is 1. The molecular formula is C23H22IN3O4. The summed E-state index contributed by atoms with van der Waals surface area (Å²) < 4.78 is 2.57. The Balaban J connectivity index is 1.74. The molecule has 0 bridgehead atoms. The van der Waals surface area contributed by atoms with E-state index in [2.05, 4.69) is 16.8 Å². The lowest BCUT2D eigenvalue weighted by Crippen LogP contribution is -2.39. The monoisotopic (exact) mass is 531 g/mol. The van der Waals surface area contributed by atoms with Crippen LogP contribution in [0.5, 0.6) is 0 Å². The highest BCUT2D eigenvalue weighted by molar-refractivity contribution is 14.1. The van der Waals surface area contributed by atoms with Gasteiger partial charge in [-0.25, -0.2) is 0 Å². The number of hydrogen-bond acceptors (Lipinski definition) is 5. The highest BCUT2D eigenvalue weighted by Gasteiger charge is 2.28. The number of carbonyl (C=O) groups is 2. The van der Waals surface area contributed by atoms with E-state index in [9.17, 15) is 19.7 Å². The summed E-state index contributed by atoms with van der Waals surface area (Å²) >= 11 is 1.92. The first-order valence-corrected chi connectivity index (χ1v) is 11.3. The van der Waals surface area contributed by atoms with E-state index >= 15 is 0 Å². The van der Waals surface area contributed by atoms with Crippen LogP contribution in [-0.4, -0.2) is 33.6 Å². The highest BCUT2D eigenvalue weighted by atomic mass is 127. The Morgan fingerprint density at radius 3 is 2.61 bits per heavy atom. The highest BCUT2D eigenvalue weighted by Crippen LogP contribution is 2.30. The molecule has 160 valence electrons. The van der Waals surface area contributed by atoms with Gasteiger partial charge >= 0.3 is 0 Å². The summed E-state index contributed by atoms with van der Waals surface area (Å²) in [6, 6.07) is 11.9. The molecule has 2 unspecified atom stereocenters. The zero-order chi connectivity index (χ0) is 22.1. The number of halogens is 1. The van der Waals surface area contributed by atoms with Crippen LogP contribution in [0.1, 0.15) is 52.9 Å². The van der Waals surface area contributed by atoms with Gasteiger partial charge in [-0.3, -0.25) is 19.7 Å². The summed E-state index contributed by atoms with van der Waals surface area (Å²) in [5.41, 5.74) is 1.06. The van der Waals surface area contributed by atoms with Crippen molar-refractivity contribution in [3.63, 3.8) is 0 Å². The van der Waals surface area contributed by atoms with Crippen LogP contribution in [0.2, 0.25) is 0 Å². The summed E-state index contributed by atoms with van der Waals surface area (Å²) in [5.74, 6) is -1.39. The molecule has 3 aromatic rings. The summed E-state index contributed by atoms with van der Waals surface area (Å²) in [4.78, 5) is 36.9. The summed E-state index contributed by atoms with van der Waals surface area (Å²) in [5, 5.41) is 15.4. The fourth-order valence-electron chi connectivity index (χ4n) is 4.25. The van der Waals surface area contributed by atoms with Gasteiger partial charge in [0.25, 0.3) is 5.69 Å². The van der Waals surface area contributed by atoms with Crippen molar-refractivity contribution >= 4 is 50.7 Å². The van der Waals surface area contributed by atoms with E-state index in [1.807, 2.05) is 46.9 Å². The number of fused-ring (bicyclic) bond motifs is 1. The Labute approximate surface area is 193 Å². The maximum absolute atomic E-state index is 13.3. The van der Waals surface area contributed by atoms with Crippen LogP contribution in [-0.2, 0) is 0 Å². The second kappa shape index (κ2) is 8.88. The van der Waals surface area contributed by atoms with Gasteiger partial charge in [0.2, 0.25) is 11.6 Å². The van der Waals surface area contributed by atoms with E-state index in [0.717, 1.165) is 31.3 Å². The number of Topliss-reactive ketones (excluding diaryl/α,β-unsaturated/α-hetero) is 2. The number of nitro benzene ring substituents is 1. The number of nitrogens with one attached hydrogen (secondary N) is 1. The number of benzene rings is 2. The topological polar surface area (TPSA) is 94.2 Å². The van der Waals surface area contributed by atoms with Crippen molar-refractivity contribution in [1.82, 2.24) is 9.88 Å². The third-order valence-electron chi connectivity index (χ3n) is 5.97. The molecule has 1 N–H and O–H groups in total. The molecule has 8 heteroatoms. The van der Waals surface area contributed by atoms with Gasteiger partial charge in [-0.1, -0.05) is 24.6 Å². The molecule has 0 radical (unpaired) electrons. The number of rotatable bonds is 6. The van der Waals surface area contributed by atoms with Crippen LogP contribution >= 0.6 is 22.6 Å². The molecule has 1 aliphatic rings. The molecule has 2 aromatic carbocycles. The molecule has 1 fully saturated rings. The van der Waals surface area contributed by atoms with Gasteiger partial charge in [-0.05, 0) is 61.0 Å². The number of aromatic nitrogens is 1. The molecule has 1 aromatic heterocycles. The fourth-order valence-corrected chi connectivity index (χ4v) is 4.83. The van der Waals surface area contributed by atoms with Gasteiger partial charge in [0.15, 0.2) is 0 Å². The van der Waals surface area contributed by atoms with E-state index in [4.69, 9.17) is 0 Å². The van der Waals surface area contributed by atoms with E-state index in [0.29, 0.717) is 20.6 Å². The third-order valence-corrected chi connectivity index (χ3v) is 6.91. The van der Waals surface area contributed by atoms with Gasteiger partial charge in [0, 0.05) is 50.4 Å². The van der Waals surface area contributed by atoms with Crippen molar-refractivity contribution in [3.8, 4) is 0 Å². The van der Waals surface area contributed by atoms with Gasteiger partial charge in [-0.15, -0.1) is 0 Å². The first-order chi connectivity index (χ1) is 14.9. The maximum atomic E-state index is 13.3. The largest absolute Gasteiger partial charge is 0.342 e. The number of nitrogens with zero attached hydrogens (tertiary/aromatic N) is 2. The van der Waals surface area contributed by atoms with Crippen molar-refractivity contribution in [1.29, 1.82) is 0 Å². The zero-order valence-corrected chi connectivity index (χ0v) is 19.2. The minimum atomic E-state index is -0.737. The third kappa shape index (κ3) is 4.14. The Morgan fingerprint density at radius 2 is 1.90 bits per heavy atom. The predicted molar refractivity (Wildman–Crippen MR) is 127 cm³/mol. The van der Waals surface area contributed by atoms with Crippen molar-refractivity contribution in [2.75, 3.05) is 6.54 Å². The van der Waals surface area contributed by atoms with Gasteiger partial charge in [0.1, 0.15) is 0 Å². The zero-order valence-electron chi connectivity index (χ0n) is 17.0. The summed E-state index contributed by atoms with van der Waals surface area (Å²) in [6.07, 6.45) is 5.14. The van der Waals surface area contributed by atoms with Crippen LogP contribution in [0.4, 0.5) is 5.69 Å². The molecule has 2 atom stereocenters. The molecule has 4 rings (SSSR count). The van der Waals surface area contributed by atoms with E-state index < -0.39 is 16.5 Å². The van der Waals surface area contributed by atoms with Crippen molar-refractivity contribution in [2.45, 2.75) is 38.3 Å². The molecular weight excluding hydrogens is 509 g/mol. The molecule has 0 spiro atoms. The van der Waals surface area contributed by atoms with Crippen molar-refractivity contribution < 1.29 is 14.5 Å². The van der Waals surface area contributed by atoms with Gasteiger partial charge in [0.05, 0.1) is 10.5 Å². The molecule has 1 saturated heterocycles. The second-order valence-corrected chi connectivity index (χ2v) is 9.01. The van der Waals surface area contributed by atoms with Crippen LogP contribution < -0.4 is 5.32 Å². The molecule has 7 nitrogen and oxygen atoms in total. The first-order valence-electron chi connectivity index (χ1n) is 10.2. The number of piperidine rings is 1. The number of ketones is 2. The van der Waals surface area contributed by atoms with Crippen LogP contribution in [0, 0.1) is 13.7 Å². The molecule has 31 heavy (non-hydrogen) atoms. The standard InChI is InChI=1S/C23H22IN3O4/c1-14(20-7-4-5-11-25-20)26-13-18(16-6-2-3-8-21(16)26)23(29)22(28)17-12-15(27(30)31)9-10-19(17)24/h2-3,6,8-10,12-14,20,25H,4-5,7,11H2,1H3. The normalized spacial score (nSPS) is 17.4. The summed E-state index contributed by atoms with van der Waals surface area (Å²) in [6.45, 7) is 3.10. The Kier molecular flexibility index (Phi) is 6.19. The van der Waals surface area contributed by atoms with Gasteiger partial charge < -0.3 is 9.88 Å². The average Bonchev–Trinajstić information content (AvgIpc) is 3.18. The summed E-state index contributed by atoms with van der Waals surface area (Å²) in [7, 11) is 0. The quantitative estimate of drug-likeness (QED) is 0.160. The lowest BCUT2D eigenvalue weighted by Gasteiger charge is -2.30. The Bertz CT molecular complexity index is 1180. The second-order valence-electron chi connectivity index (χ2n) is 7.84. The Hall–Kier alpha value is -2.59. The molecule has 2 heterocycles. The van der Waals surface area contributed by atoms with Crippen LogP contribution in [0.15, 0.2) is 48.7 Å². The smallest absolute Gasteiger partial charge is 0.270 e. The van der Waals surface area contributed by atoms with Crippen molar-refractivity contribution in [3.05, 3.63) is 73.5 Å². The van der Waals surface area contributed by atoms with Gasteiger partial charge in [-0.2, -0.15) is 0 Å². The molecule has 0 amide bonds.